The van der Waals surface area contributed by atoms with Crippen molar-refractivity contribution in [1.82, 2.24) is 14.7 Å². The van der Waals surface area contributed by atoms with Crippen molar-refractivity contribution in [3.63, 3.8) is 0 Å². The highest BCUT2D eigenvalue weighted by atomic mass is 16.2. The topological polar surface area (TPSA) is 43.9 Å². The number of likely N-dealkylation sites (tertiary alicyclic amines) is 2. The van der Waals surface area contributed by atoms with Crippen LogP contribution in [0, 0.1) is 0 Å². The van der Waals surface area contributed by atoms with E-state index in [1.807, 2.05) is 46.2 Å². The number of piperidine rings is 1. The van der Waals surface area contributed by atoms with Gasteiger partial charge in [0.15, 0.2) is 0 Å². The standard InChI is InChI=1S/C28H35N3O2/c1-21-6-5-16-29(21)18-19-31-17-13-25-20-24(11-12-26(25)28(31)33)22-7-9-23(10-8-22)27(32)30-14-3-2-4-15-30/h7-12,20-21H,2-6,13-19H2,1H3. The summed E-state index contributed by atoms with van der Waals surface area (Å²) in [6, 6.07) is 14.8. The molecule has 0 N–H and O–H groups in total. The zero-order valence-electron chi connectivity index (χ0n) is 19.8. The molecule has 0 radical (unpaired) electrons. The van der Waals surface area contributed by atoms with Gasteiger partial charge in [-0.25, -0.2) is 0 Å². The number of hydrogen-bond acceptors (Lipinski definition) is 3. The summed E-state index contributed by atoms with van der Waals surface area (Å²) >= 11 is 0. The number of carbonyl (C=O) groups is 2. The van der Waals surface area contributed by atoms with Gasteiger partial charge in [0, 0.05) is 49.9 Å². The van der Waals surface area contributed by atoms with Gasteiger partial charge in [-0.3, -0.25) is 14.5 Å². The second-order valence-corrected chi connectivity index (χ2v) is 9.87. The molecule has 0 saturated carbocycles. The van der Waals surface area contributed by atoms with Gasteiger partial charge < -0.3 is 9.80 Å². The number of nitrogens with zero attached hydrogens (tertiary/aromatic N) is 3. The number of hydrogen-bond donors (Lipinski definition) is 0. The fourth-order valence-corrected chi connectivity index (χ4v) is 5.59. The lowest BCUT2D eigenvalue weighted by Crippen LogP contribution is -2.43. The molecular weight excluding hydrogens is 410 g/mol. The molecule has 5 heteroatoms. The molecule has 2 aromatic carbocycles. The van der Waals surface area contributed by atoms with E-state index in [2.05, 4.69) is 17.9 Å². The molecule has 1 unspecified atom stereocenters. The predicted molar refractivity (Wildman–Crippen MR) is 132 cm³/mol. The third-order valence-corrected chi connectivity index (χ3v) is 7.73. The van der Waals surface area contributed by atoms with Gasteiger partial charge in [-0.2, -0.15) is 0 Å². The maximum atomic E-state index is 13.1. The largest absolute Gasteiger partial charge is 0.339 e. The predicted octanol–water partition coefficient (Wildman–Crippen LogP) is 4.46. The van der Waals surface area contributed by atoms with Crippen molar-refractivity contribution >= 4 is 11.8 Å². The minimum absolute atomic E-state index is 0.140. The molecule has 0 spiro atoms. The summed E-state index contributed by atoms with van der Waals surface area (Å²) in [4.78, 5) is 32.3. The highest BCUT2D eigenvalue weighted by molar-refractivity contribution is 5.97. The second kappa shape index (κ2) is 9.68. The van der Waals surface area contributed by atoms with Gasteiger partial charge in [-0.1, -0.05) is 24.3 Å². The molecule has 5 nitrogen and oxygen atoms in total. The molecule has 0 aliphatic carbocycles. The van der Waals surface area contributed by atoms with Crippen LogP contribution in [-0.4, -0.2) is 71.8 Å². The van der Waals surface area contributed by atoms with E-state index in [9.17, 15) is 9.59 Å². The average Bonchev–Trinajstić information content (AvgIpc) is 3.28. The highest BCUT2D eigenvalue weighted by Gasteiger charge is 2.27. The van der Waals surface area contributed by atoms with Crippen LogP contribution in [0.3, 0.4) is 0 Å². The van der Waals surface area contributed by atoms with Crippen LogP contribution in [0.2, 0.25) is 0 Å². The quantitative estimate of drug-likeness (QED) is 0.682. The molecular formula is C28H35N3O2. The first-order chi connectivity index (χ1) is 16.1. The molecule has 2 saturated heterocycles. The third kappa shape index (κ3) is 4.70. The van der Waals surface area contributed by atoms with Crippen molar-refractivity contribution in [2.24, 2.45) is 0 Å². The van der Waals surface area contributed by atoms with E-state index in [1.54, 1.807) is 0 Å². The molecule has 2 fully saturated rings. The summed E-state index contributed by atoms with van der Waals surface area (Å²) in [7, 11) is 0. The summed E-state index contributed by atoms with van der Waals surface area (Å²) < 4.78 is 0. The van der Waals surface area contributed by atoms with E-state index in [4.69, 9.17) is 0 Å². The van der Waals surface area contributed by atoms with Crippen LogP contribution in [0.25, 0.3) is 11.1 Å². The van der Waals surface area contributed by atoms with Gasteiger partial charge in [0.05, 0.1) is 0 Å². The lowest BCUT2D eigenvalue weighted by atomic mass is 9.93. The van der Waals surface area contributed by atoms with Crippen LogP contribution in [0.5, 0.6) is 0 Å². The van der Waals surface area contributed by atoms with E-state index in [0.29, 0.717) is 6.04 Å². The van der Waals surface area contributed by atoms with Gasteiger partial charge in [0.2, 0.25) is 0 Å². The zero-order chi connectivity index (χ0) is 22.8. The average molecular weight is 446 g/mol. The van der Waals surface area contributed by atoms with Crippen LogP contribution in [-0.2, 0) is 6.42 Å². The van der Waals surface area contributed by atoms with Crippen molar-refractivity contribution in [2.45, 2.75) is 51.5 Å². The fourth-order valence-electron chi connectivity index (χ4n) is 5.59. The summed E-state index contributed by atoms with van der Waals surface area (Å²) in [5, 5.41) is 0. The Morgan fingerprint density at radius 1 is 0.879 bits per heavy atom. The van der Waals surface area contributed by atoms with Crippen molar-refractivity contribution in [3.8, 4) is 11.1 Å². The lowest BCUT2D eigenvalue weighted by molar-refractivity contribution is 0.0712. The Morgan fingerprint density at radius 3 is 2.36 bits per heavy atom. The van der Waals surface area contributed by atoms with Gasteiger partial charge >= 0.3 is 0 Å². The number of benzene rings is 2. The van der Waals surface area contributed by atoms with E-state index in [0.717, 1.165) is 86.3 Å². The molecule has 1 atom stereocenters. The van der Waals surface area contributed by atoms with E-state index < -0.39 is 0 Å². The lowest BCUT2D eigenvalue weighted by Gasteiger charge is -2.31. The number of rotatable bonds is 5. The summed E-state index contributed by atoms with van der Waals surface area (Å²) in [5.74, 6) is 0.304. The van der Waals surface area contributed by atoms with Gasteiger partial charge in [-0.15, -0.1) is 0 Å². The van der Waals surface area contributed by atoms with Gasteiger partial charge in [0.1, 0.15) is 0 Å². The minimum Gasteiger partial charge on any atom is -0.339 e. The Bertz CT molecular complexity index is 1010. The number of carbonyl (C=O) groups excluding carboxylic acids is 2. The van der Waals surface area contributed by atoms with Crippen molar-refractivity contribution < 1.29 is 9.59 Å². The second-order valence-electron chi connectivity index (χ2n) is 9.87. The smallest absolute Gasteiger partial charge is 0.254 e. The van der Waals surface area contributed by atoms with Gasteiger partial charge in [0.25, 0.3) is 11.8 Å². The van der Waals surface area contributed by atoms with E-state index in [-0.39, 0.29) is 11.8 Å². The summed E-state index contributed by atoms with van der Waals surface area (Å²) in [6.07, 6.45) is 6.87. The molecule has 5 rings (SSSR count). The first kappa shape index (κ1) is 22.1. The fraction of sp³-hybridized carbons (Fsp3) is 0.500. The Balaban J connectivity index is 1.25. The SMILES string of the molecule is CC1CCCN1CCN1CCc2cc(-c3ccc(C(=O)N4CCCCC4)cc3)ccc2C1=O. The number of fused-ring (bicyclic) bond motifs is 1. The Labute approximate surface area is 197 Å². The summed E-state index contributed by atoms with van der Waals surface area (Å²) in [5.41, 5.74) is 4.94. The van der Waals surface area contributed by atoms with Crippen LogP contribution in [0.4, 0.5) is 0 Å². The summed E-state index contributed by atoms with van der Waals surface area (Å²) in [6.45, 7) is 7.77. The maximum absolute atomic E-state index is 13.1. The number of amides is 2. The van der Waals surface area contributed by atoms with Crippen LogP contribution in [0.15, 0.2) is 42.5 Å². The molecule has 2 amide bonds. The molecule has 3 aliphatic heterocycles. The first-order valence-electron chi connectivity index (χ1n) is 12.7. The zero-order valence-corrected chi connectivity index (χ0v) is 19.8. The van der Waals surface area contributed by atoms with Crippen LogP contribution < -0.4 is 0 Å². The molecule has 2 aromatic rings. The molecule has 3 aliphatic rings. The van der Waals surface area contributed by atoms with E-state index >= 15 is 0 Å². The molecule has 174 valence electrons. The van der Waals surface area contributed by atoms with Crippen LogP contribution in [0.1, 0.15) is 65.3 Å². The monoisotopic (exact) mass is 445 g/mol. The molecule has 3 heterocycles. The van der Waals surface area contributed by atoms with Gasteiger partial charge in [-0.05, 0) is 86.9 Å². The Kier molecular flexibility index (Phi) is 6.50. The van der Waals surface area contributed by atoms with Crippen molar-refractivity contribution in [1.29, 1.82) is 0 Å². The molecule has 33 heavy (non-hydrogen) atoms. The van der Waals surface area contributed by atoms with Crippen molar-refractivity contribution in [3.05, 3.63) is 59.2 Å². The normalized spacial score (nSPS) is 21.4. The molecule has 0 bridgehead atoms. The van der Waals surface area contributed by atoms with E-state index in [1.165, 1.54) is 19.3 Å². The minimum atomic E-state index is 0.140. The van der Waals surface area contributed by atoms with Crippen LogP contribution >= 0.6 is 0 Å². The highest BCUT2D eigenvalue weighted by Crippen LogP contribution is 2.27. The Morgan fingerprint density at radius 2 is 1.64 bits per heavy atom. The van der Waals surface area contributed by atoms with Crippen molar-refractivity contribution in [2.75, 3.05) is 39.3 Å². The maximum Gasteiger partial charge on any atom is 0.254 e. The Hall–Kier alpha value is -2.66. The molecule has 0 aromatic heterocycles. The third-order valence-electron chi connectivity index (χ3n) is 7.73. The first-order valence-corrected chi connectivity index (χ1v) is 12.7.